The molecular weight excluding hydrogens is 422 g/mol. The summed E-state index contributed by atoms with van der Waals surface area (Å²) in [4.78, 5) is 22.0. The molecular formula is C22H26F2N4O4. The summed E-state index contributed by atoms with van der Waals surface area (Å²) in [6, 6.07) is 3.89. The molecule has 0 fully saturated rings. The van der Waals surface area contributed by atoms with Crippen molar-refractivity contribution in [1.82, 2.24) is 10.8 Å². The van der Waals surface area contributed by atoms with E-state index in [-0.39, 0.29) is 31.2 Å². The third-order valence-electron chi connectivity index (χ3n) is 5.08. The second-order valence-electron chi connectivity index (χ2n) is 7.35. The number of rotatable bonds is 8. The number of ether oxygens (including phenoxy) is 1. The van der Waals surface area contributed by atoms with Crippen LogP contribution in [-0.4, -0.2) is 49.4 Å². The summed E-state index contributed by atoms with van der Waals surface area (Å²) < 4.78 is 33.5. The lowest BCUT2D eigenvalue weighted by molar-refractivity contribution is 0.0516. The summed E-state index contributed by atoms with van der Waals surface area (Å²) in [5, 5.41) is 14.2. The Morgan fingerprint density at radius 1 is 1.41 bits per heavy atom. The second kappa shape index (κ2) is 10.9. The number of aliphatic imine (C=N–C) groups is 1. The van der Waals surface area contributed by atoms with Gasteiger partial charge in [0.05, 0.1) is 32.4 Å². The number of amides is 2. The van der Waals surface area contributed by atoms with Crippen LogP contribution in [0.1, 0.15) is 13.3 Å². The molecule has 32 heavy (non-hydrogen) atoms. The number of hydrogen-bond donors (Lipinski definition) is 4. The SMILES string of the molecule is C=C(/C(F)=C\C1=C(C)CCO1)[C@@H]1CN=C(NOCCO)[C@H]1NC(=O)Nc1ccc(F)cc1. The number of amidine groups is 1. The van der Waals surface area contributed by atoms with E-state index in [4.69, 9.17) is 14.7 Å². The number of nitrogens with one attached hydrogen (secondary N) is 3. The van der Waals surface area contributed by atoms with Gasteiger partial charge in [-0.25, -0.2) is 13.6 Å². The first-order chi connectivity index (χ1) is 15.4. The number of halogens is 2. The van der Waals surface area contributed by atoms with Crippen molar-refractivity contribution in [2.24, 2.45) is 10.9 Å². The molecule has 0 bridgehead atoms. The van der Waals surface area contributed by atoms with Crippen molar-refractivity contribution in [2.75, 3.05) is 31.7 Å². The highest BCUT2D eigenvalue weighted by Gasteiger charge is 2.36. The third kappa shape index (κ3) is 5.92. The number of nitrogens with zero attached hydrogens (tertiary/aromatic N) is 1. The molecule has 0 aromatic heterocycles. The molecule has 3 rings (SSSR count). The fraction of sp³-hybridized carbons (Fsp3) is 0.364. The van der Waals surface area contributed by atoms with Crippen LogP contribution < -0.4 is 16.1 Å². The highest BCUT2D eigenvalue weighted by Crippen LogP contribution is 2.30. The van der Waals surface area contributed by atoms with Gasteiger partial charge in [0.25, 0.3) is 0 Å². The molecule has 1 aromatic carbocycles. The standard InChI is InChI=1S/C22H26F2N4O4/c1-13-7-9-31-19(13)11-18(24)14(2)17-12-25-21(28-32-10-8-29)20(17)27-22(30)26-16-5-3-15(23)4-6-16/h3-6,11,17,20,29H,2,7-10,12H2,1H3,(H,25,28)(H2,26,27,30)/b18-11+/t17-,20-/m0/s1. The van der Waals surface area contributed by atoms with Gasteiger partial charge in [-0.2, -0.15) is 0 Å². The highest BCUT2D eigenvalue weighted by molar-refractivity contribution is 5.96. The van der Waals surface area contributed by atoms with Crippen molar-refractivity contribution >= 4 is 17.6 Å². The normalized spacial score (nSPS) is 20.6. The van der Waals surface area contributed by atoms with Crippen molar-refractivity contribution in [3.8, 4) is 0 Å². The molecule has 0 radical (unpaired) electrons. The molecule has 0 saturated heterocycles. The van der Waals surface area contributed by atoms with Crippen molar-refractivity contribution < 1.29 is 28.3 Å². The van der Waals surface area contributed by atoms with E-state index in [0.29, 0.717) is 18.1 Å². The molecule has 2 amide bonds. The van der Waals surface area contributed by atoms with Gasteiger partial charge in [-0.15, -0.1) is 0 Å². The number of benzene rings is 1. The largest absolute Gasteiger partial charge is 0.493 e. The molecule has 2 aliphatic heterocycles. The molecule has 2 aliphatic rings. The van der Waals surface area contributed by atoms with Crippen LogP contribution in [0, 0.1) is 11.7 Å². The minimum atomic E-state index is -0.777. The van der Waals surface area contributed by atoms with Crippen LogP contribution in [0.4, 0.5) is 19.3 Å². The smallest absolute Gasteiger partial charge is 0.319 e. The summed E-state index contributed by atoms with van der Waals surface area (Å²) in [6.07, 6.45) is 2.04. The molecule has 0 unspecified atom stereocenters. The molecule has 0 saturated carbocycles. The second-order valence-corrected chi connectivity index (χ2v) is 7.35. The van der Waals surface area contributed by atoms with Gasteiger partial charge >= 0.3 is 6.03 Å². The summed E-state index contributed by atoms with van der Waals surface area (Å²) in [7, 11) is 0. The first kappa shape index (κ1) is 23.4. The van der Waals surface area contributed by atoms with E-state index in [1.165, 1.54) is 30.3 Å². The van der Waals surface area contributed by atoms with E-state index in [0.717, 1.165) is 12.0 Å². The number of carbonyl (C=O) groups excluding carboxylic acids is 1. The van der Waals surface area contributed by atoms with Crippen LogP contribution in [-0.2, 0) is 9.57 Å². The molecule has 4 N–H and O–H groups in total. The van der Waals surface area contributed by atoms with Gasteiger partial charge in [0.1, 0.15) is 23.2 Å². The lowest BCUT2D eigenvalue weighted by Crippen LogP contribution is -2.50. The Hall–Kier alpha value is -3.24. The maximum absolute atomic E-state index is 15.0. The minimum Gasteiger partial charge on any atom is -0.493 e. The van der Waals surface area contributed by atoms with Gasteiger partial charge in [0, 0.05) is 24.1 Å². The first-order valence-electron chi connectivity index (χ1n) is 10.1. The average Bonchev–Trinajstić information content (AvgIpc) is 3.35. The number of hydroxylamine groups is 1. The zero-order valence-corrected chi connectivity index (χ0v) is 17.7. The molecule has 172 valence electrons. The monoisotopic (exact) mass is 448 g/mol. The number of allylic oxidation sites excluding steroid dienone is 2. The van der Waals surface area contributed by atoms with Gasteiger partial charge in [-0.05, 0) is 42.3 Å². The van der Waals surface area contributed by atoms with Crippen molar-refractivity contribution in [2.45, 2.75) is 19.4 Å². The molecule has 1 aromatic rings. The topological polar surface area (TPSA) is 104 Å². The van der Waals surface area contributed by atoms with E-state index < -0.39 is 29.6 Å². The minimum absolute atomic E-state index is 0.00182. The molecule has 8 nitrogen and oxygen atoms in total. The van der Waals surface area contributed by atoms with Crippen LogP contribution in [0.25, 0.3) is 0 Å². The first-order valence-corrected chi connectivity index (χ1v) is 10.1. The number of hydrogen-bond acceptors (Lipinski definition) is 6. The fourth-order valence-electron chi connectivity index (χ4n) is 3.29. The molecule has 0 aliphatic carbocycles. The lowest BCUT2D eigenvalue weighted by Gasteiger charge is -2.24. The van der Waals surface area contributed by atoms with Gasteiger partial charge in [-0.3, -0.25) is 15.3 Å². The Morgan fingerprint density at radius 3 is 2.81 bits per heavy atom. The number of carbonyl (C=O) groups is 1. The van der Waals surface area contributed by atoms with Gasteiger partial charge in [0.15, 0.2) is 0 Å². The zero-order chi connectivity index (χ0) is 23.1. The predicted molar refractivity (Wildman–Crippen MR) is 116 cm³/mol. The van der Waals surface area contributed by atoms with E-state index in [2.05, 4.69) is 27.7 Å². The molecule has 2 heterocycles. The van der Waals surface area contributed by atoms with E-state index >= 15 is 0 Å². The van der Waals surface area contributed by atoms with E-state index in [9.17, 15) is 13.6 Å². The molecule has 0 spiro atoms. The van der Waals surface area contributed by atoms with Gasteiger partial charge in [0.2, 0.25) is 0 Å². The quantitative estimate of drug-likeness (QED) is 0.278. The van der Waals surface area contributed by atoms with Crippen molar-refractivity contribution in [3.05, 3.63) is 65.5 Å². The Bertz CT molecular complexity index is 944. The van der Waals surface area contributed by atoms with Crippen LogP contribution in [0.5, 0.6) is 0 Å². The number of urea groups is 1. The Morgan fingerprint density at radius 2 is 2.16 bits per heavy atom. The highest BCUT2D eigenvalue weighted by atomic mass is 19.1. The van der Waals surface area contributed by atoms with Crippen molar-refractivity contribution in [3.63, 3.8) is 0 Å². The van der Waals surface area contributed by atoms with Gasteiger partial charge in [-0.1, -0.05) is 6.58 Å². The number of aliphatic hydroxyl groups is 1. The molecule has 2 atom stereocenters. The van der Waals surface area contributed by atoms with Crippen LogP contribution in [0.3, 0.4) is 0 Å². The Balaban J connectivity index is 1.73. The van der Waals surface area contributed by atoms with E-state index in [1.54, 1.807) is 0 Å². The lowest BCUT2D eigenvalue weighted by atomic mass is 9.92. The fourth-order valence-corrected chi connectivity index (χ4v) is 3.29. The van der Waals surface area contributed by atoms with E-state index in [1.807, 2.05) is 6.92 Å². The predicted octanol–water partition coefficient (Wildman–Crippen LogP) is 2.96. The molecule has 10 heteroatoms. The van der Waals surface area contributed by atoms with Crippen LogP contribution >= 0.6 is 0 Å². The summed E-state index contributed by atoms with van der Waals surface area (Å²) in [6.45, 7) is 6.19. The summed E-state index contributed by atoms with van der Waals surface area (Å²) >= 11 is 0. The maximum atomic E-state index is 15.0. The Labute approximate surface area is 184 Å². The number of aliphatic hydroxyl groups excluding tert-OH is 1. The average molecular weight is 448 g/mol. The maximum Gasteiger partial charge on any atom is 0.319 e. The van der Waals surface area contributed by atoms with Crippen LogP contribution in [0.15, 0.2) is 64.6 Å². The summed E-state index contributed by atoms with van der Waals surface area (Å²) in [5.74, 6) is -0.844. The number of anilines is 1. The third-order valence-corrected chi connectivity index (χ3v) is 5.08. The van der Waals surface area contributed by atoms with Gasteiger partial charge < -0.3 is 20.5 Å². The zero-order valence-electron chi connectivity index (χ0n) is 17.7. The van der Waals surface area contributed by atoms with Crippen LogP contribution in [0.2, 0.25) is 0 Å². The van der Waals surface area contributed by atoms with Crippen molar-refractivity contribution in [1.29, 1.82) is 0 Å². The Kier molecular flexibility index (Phi) is 7.96. The summed E-state index contributed by atoms with van der Waals surface area (Å²) in [5.41, 5.74) is 4.07.